The predicted octanol–water partition coefficient (Wildman–Crippen LogP) is 2.61. The summed E-state index contributed by atoms with van der Waals surface area (Å²) in [4.78, 5) is 36.1. The van der Waals surface area contributed by atoms with Crippen LogP contribution in [0.1, 0.15) is 46.5 Å². The molecule has 0 fully saturated rings. The molecule has 0 saturated heterocycles. The summed E-state index contributed by atoms with van der Waals surface area (Å²) < 4.78 is 10.8. The van der Waals surface area contributed by atoms with Crippen molar-refractivity contribution in [2.24, 2.45) is 11.3 Å². The molecule has 0 bridgehead atoms. The highest BCUT2D eigenvalue weighted by Gasteiger charge is 2.34. The minimum atomic E-state index is -1.05. The van der Waals surface area contributed by atoms with Gasteiger partial charge in [-0.1, -0.05) is 26.8 Å². The van der Waals surface area contributed by atoms with E-state index in [0.29, 0.717) is 37.4 Å². The summed E-state index contributed by atoms with van der Waals surface area (Å²) in [5.41, 5.74) is -0.506. The number of hydrogen-bond acceptors (Lipinski definition) is 5. The molecular formula is C22H34N2O6. The molecule has 0 aliphatic rings. The summed E-state index contributed by atoms with van der Waals surface area (Å²) in [6.07, 6.45) is 1.39. The molecule has 0 saturated carbocycles. The van der Waals surface area contributed by atoms with Crippen LogP contribution in [0.3, 0.4) is 0 Å². The first-order valence-corrected chi connectivity index (χ1v) is 10.1. The van der Waals surface area contributed by atoms with Crippen molar-refractivity contribution in [2.45, 2.75) is 52.5 Å². The predicted molar refractivity (Wildman–Crippen MR) is 114 cm³/mol. The first-order valence-electron chi connectivity index (χ1n) is 10.1. The molecule has 0 aromatic heterocycles. The van der Waals surface area contributed by atoms with Gasteiger partial charge in [-0.25, -0.2) is 0 Å². The van der Waals surface area contributed by atoms with Crippen LogP contribution in [0.4, 0.5) is 0 Å². The van der Waals surface area contributed by atoms with Gasteiger partial charge in [0.15, 0.2) is 0 Å². The summed E-state index contributed by atoms with van der Waals surface area (Å²) >= 11 is 0. The molecular weight excluding hydrogens is 388 g/mol. The Kier molecular flexibility index (Phi) is 10.1. The molecule has 0 heterocycles. The lowest BCUT2D eigenvalue weighted by atomic mass is 9.85. The molecule has 2 amide bonds. The van der Waals surface area contributed by atoms with Crippen LogP contribution in [0.15, 0.2) is 24.3 Å². The molecule has 2 atom stereocenters. The van der Waals surface area contributed by atoms with E-state index in [9.17, 15) is 19.5 Å². The van der Waals surface area contributed by atoms with Gasteiger partial charge in [0.05, 0.1) is 20.1 Å². The number of unbranched alkanes of at least 4 members (excludes halogenated alkanes) is 1. The van der Waals surface area contributed by atoms with Crippen molar-refractivity contribution in [3.05, 3.63) is 24.3 Å². The van der Waals surface area contributed by atoms with Gasteiger partial charge in [0.2, 0.25) is 11.8 Å². The second-order valence-electron chi connectivity index (χ2n) is 8.24. The minimum absolute atomic E-state index is 0.285. The van der Waals surface area contributed by atoms with Crippen molar-refractivity contribution < 1.29 is 29.0 Å². The molecule has 0 aliphatic heterocycles. The number of carbonyl (C=O) groups is 3. The molecule has 8 nitrogen and oxygen atoms in total. The summed E-state index contributed by atoms with van der Waals surface area (Å²) in [7, 11) is 3.09. The smallest absolute Gasteiger partial charge is 0.304 e. The second-order valence-corrected chi connectivity index (χ2v) is 8.24. The lowest BCUT2D eigenvalue weighted by molar-refractivity contribution is -0.142. The van der Waals surface area contributed by atoms with E-state index >= 15 is 0 Å². The molecule has 8 heteroatoms. The minimum Gasteiger partial charge on any atom is -0.497 e. The Morgan fingerprint density at radius 1 is 1.10 bits per heavy atom. The zero-order valence-electron chi connectivity index (χ0n) is 18.5. The van der Waals surface area contributed by atoms with Gasteiger partial charge in [-0.3, -0.25) is 14.4 Å². The normalized spacial score (nSPS) is 13.1. The maximum Gasteiger partial charge on any atom is 0.304 e. The molecule has 0 unspecified atom stereocenters. The number of hydrogen-bond donors (Lipinski definition) is 3. The first-order chi connectivity index (χ1) is 14.1. The third-order valence-electron chi connectivity index (χ3n) is 4.71. The van der Waals surface area contributed by atoms with Crippen molar-refractivity contribution in [3.8, 4) is 11.5 Å². The third-order valence-corrected chi connectivity index (χ3v) is 4.71. The molecule has 0 radical (unpaired) electrons. The van der Waals surface area contributed by atoms with E-state index in [-0.39, 0.29) is 12.3 Å². The molecule has 0 spiro atoms. The maximum absolute atomic E-state index is 12.7. The van der Waals surface area contributed by atoms with Crippen LogP contribution in [-0.4, -0.2) is 49.7 Å². The van der Waals surface area contributed by atoms with Crippen LogP contribution in [0.5, 0.6) is 11.5 Å². The molecule has 1 aromatic rings. The highest BCUT2D eigenvalue weighted by molar-refractivity contribution is 5.90. The van der Waals surface area contributed by atoms with Gasteiger partial charge >= 0.3 is 5.97 Å². The van der Waals surface area contributed by atoms with E-state index in [4.69, 9.17) is 9.47 Å². The SMILES string of the molecule is CNC(=O)[C@@H](NC(=O)[C@H](CCCCOc1cccc(OC)c1)CC(=O)O)C(C)(C)C. The fourth-order valence-electron chi connectivity index (χ4n) is 2.99. The molecule has 30 heavy (non-hydrogen) atoms. The second kappa shape index (κ2) is 12.0. The van der Waals surface area contributed by atoms with Crippen LogP contribution in [-0.2, 0) is 14.4 Å². The van der Waals surface area contributed by atoms with Gasteiger partial charge in [-0.15, -0.1) is 0 Å². The number of methoxy groups -OCH3 is 1. The van der Waals surface area contributed by atoms with Crippen molar-refractivity contribution >= 4 is 17.8 Å². The summed E-state index contributed by atoms with van der Waals surface area (Å²) in [5.74, 6) is -1.10. The van der Waals surface area contributed by atoms with Gasteiger partial charge in [-0.05, 0) is 36.8 Å². The third kappa shape index (κ3) is 8.71. The van der Waals surface area contributed by atoms with Gasteiger partial charge in [-0.2, -0.15) is 0 Å². The lowest BCUT2D eigenvalue weighted by Gasteiger charge is -2.31. The van der Waals surface area contributed by atoms with Crippen LogP contribution in [0.2, 0.25) is 0 Å². The van der Waals surface area contributed by atoms with Crippen LogP contribution < -0.4 is 20.1 Å². The average Bonchev–Trinajstić information content (AvgIpc) is 2.69. The summed E-state index contributed by atoms with van der Waals surface area (Å²) in [5, 5.41) is 14.5. The maximum atomic E-state index is 12.7. The number of rotatable bonds is 12. The number of nitrogens with one attached hydrogen (secondary N) is 2. The number of benzene rings is 1. The molecule has 1 rings (SSSR count). The topological polar surface area (TPSA) is 114 Å². The fraction of sp³-hybridized carbons (Fsp3) is 0.591. The summed E-state index contributed by atoms with van der Waals surface area (Å²) in [6.45, 7) is 5.97. The average molecular weight is 423 g/mol. The number of ether oxygens (including phenoxy) is 2. The van der Waals surface area contributed by atoms with E-state index in [1.165, 1.54) is 7.05 Å². The largest absolute Gasteiger partial charge is 0.497 e. The van der Waals surface area contributed by atoms with E-state index in [2.05, 4.69) is 10.6 Å². The number of aliphatic carboxylic acids is 1. The van der Waals surface area contributed by atoms with E-state index in [0.717, 1.165) is 0 Å². The van der Waals surface area contributed by atoms with Crippen LogP contribution in [0.25, 0.3) is 0 Å². The van der Waals surface area contributed by atoms with Crippen molar-refractivity contribution in [1.82, 2.24) is 10.6 Å². The van der Waals surface area contributed by atoms with Gasteiger partial charge in [0.25, 0.3) is 0 Å². The zero-order chi connectivity index (χ0) is 22.7. The Hall–Kier alpha value is -2.77. The van der Waals surface area contributed by atoms with E-state index in [1.54, 1.807) is 13.2 Å². The zero-order valence-corrected chi connectivity index (χ0v) is 18.5. The molecule has 3 N–H and O–H groups in total. The number of carbonyl (C=O) groups excluding carboxylic acids is 2. The molecule has 168 valence electrons. The first kappa shape index (κ1) is 25.3. The van der Waals surface area contributed by atoms with Gasteiger partial charge in [0.1, 0.15) is 17.5 Å². The Balaban J connectivity index is 2.60. The number of likely N-dealkylation sites (N-methyl/N-ethyl adjacent to an activating group) is 1. The molecule has 0 aliphatic carbocycles. The van der Waals surface area contributed by atoms with Crippen molar-refractivity contribution in [3.63, 3.8) is 0 Å². The Morgan fingerprint density at radius 2 is 1.77 bits per heavy atom. The summed E-state index contributed by atoms with van der Waals surface area (Å²) in [6, 6.07) is 6.52. The number of amides is 2. The van der Waals surface area contributed by atoms with Gasteiger partial charge in [0, 0.05) is 19.0 Å². The highest BCUT2D eigenvalue weighted by atomic mass is 16.5. The van der Waals surface area contributed by atoms with E-state index < -0.39 is 29.3 Å². The standard InChI is InChI=1S/C22H34N2O6/c1-22(2,3)19(21(28)23-4)24-20(27)15(13-18(25)26)9-6-7-12-30-17-11-8-10-16(14-17)29-5/h8,10-11,14-15,19H,6-7,9,12-13H2,1-5H3,(H,23,28)(H,24,27)(H,25,26)/t15-,19-/m1/s1. The van der Waals surface area contributed by atoms with E-state index in [1.807, 2.05) is 39.0 Å². The lowest BCUT2D eigenvalue weighted by Crippen LogP contribution is -2.54. The Bertz CT molecular complexity index is 714. The van der Waals surface area contributed by atoms with Crippen molar-refractivity contribution in [2.75, 3.05) is 20.8 Å². The number of carboxylic acids is 1. The Morgan fingerprint density at radius 3 is 2.33 bits per heavy atom. The highest BCUT2D eigenvalue weighted by Crippen LogP contribution is 2.22. The molecule has 1 aromatic carbocycles. The van der Waals surface area contributed by atoms with Crippen molar-refractivity contribution in [1.29, 1.82) is 0 Å². The Labute approximate surface area is 178 Å². The van der Waals surface area contributed by atoms with Crippen LogP contribution >= 0.6 is 0 Å². The number of carboxylic acid groups (broad SMARTS) is 1. The van der Waals surface area contributed by atoms with Crippen LogP contribution in [0, 0.1) is 11.3 Å². The quantitative estimate of drug-likeness (QED) is 0.446. The van der Waals surface area contributed by atoms with Gasteiger partial charge < -0.3 is 25.2 Å². The fourth-order valence-corrected chi connectivity index (χ4v) is 2.99. The monoisotopic (exact) mass is 422 g/mol.